The zero-order chi connectivity index (χ0) is 10.1. The molecule has 1 aromatic carbocycles. The van der Waals surface area contributed by atoms with E-state index in [0.717, 1.165) is 5.56 Å². The highest BCUT2D eigenvalue weighted by molar-refractivity contribution is 5.60. The molecule has 3 heteroatoms. The molecular formula is C11H9NO2. The van der Waals surface area contributed by atoms with Gasteiger partial charge in [0.25, 0.3) is 0 Å². The molecule has 0 saturated carbocycles. The fraction of sp³-hybridized carbons (Fsp3) is 0.182. The van der Waals surface area contributed by atoms with Crippen LogP contribution in [0.15, 0.2) is 24.3 Å². The maximum atomic E-state index is 9.61. The molecule has 0 bridgehead atoms. The van der Waals surface area contributed by atoms with E-state index in [1.165, 1.54) is 6.08 Å². The van der Waals surface area contributed by atoms with Gasteiger partial charge in [0.05, 0.1) is 11.6 Å². The topological polar surface area (TPSA) is 64.2 Å². The standard InChI is InChI=1S/C11H9NO2/c12-6-7-1-3-9-8(5-7)2-4-10(13)11(9)14/h1-5,10-11,13-14H/t10-,11+/m0/s1. The van der Waals surface area contributed by atoms with Gasteiger partial charge in [-0.25, -0.2) is 0 Å². The molecule has 2 atom stereocenters. The zero-order valence-corrected chi connectivity index (χ0v) is 7.38. The largest absolute Gasteiger partial charge is 0.386 e. The summed E-state index contributed by atoms with van der Waals surface area (Å²) in [4.78, 5) is 0. The van der Waals surface area contributed by atoms with Crippen molar-refractivity contribution in [3.8, 4) is 6.07 Å². The number of nitrogens with zero attached hydrogens (tertiary/aromatic N) is 1. The molecule has 0 radical (unpaired) electrons. The Kier molecular flexibility index (Phi) is 2.08. The quantitative estimate of drug-likeness (QED) is 0.636. The monoisotopic (exact) mass is 187 g/mol. The summed E-state index contributed by atoms with van der Waals surface area (Å²) in [5.41, 5.74) is 2.01. The zero-order valence-electron chi connectivity index (χ0n) is 7.38. The van der Waals surface area contributed by atoms with E-state index in [9.17, 15) is 10.2 Å². The Hall–Kier alpha value is -1.63. The predicted molar refractivity (Wildman–Crippen MR) is 51.2 cm³/mol. The van der Waals surface area contributed by atoms with Gasteiger partial charge >= 0.3 is 0 Å². The van der Waals surface area contributed by atoms with Crippen LogP contribution in [0.25, 0.3) is 6.08 Å². The highest BCUT2D eigenvalue weighted by atomic mass is 16.3. The number of fused-ring (bicyclic) bond motifs is 1. The maximum Gasteiger partial charge on any atom is 0.109 e. The fourth-order valence-electron chi connectivity index (χ4n) is 1.55. The third-order valence-corrected chi connectivity index (χ3v) is 2.33. The molecule has 0 fully saturated rings. The van der Waals surface area contributed by atoms with Crippen LogP contribution < -0.4 is 0 Å². The molecule has 70 valence electrons. The van der Waals surface area contributed by atoms with Crippen molar-refractivity contribution in [3.05, 3.63) is 41.0 Å². The van der Waals surface area contributed by atoms with Crippen LogP contribution in [0.4, 0.5) is 0 Å². The van der Waals surface area contributed by atoms with E-state index in [4.69, 9.17) is 5.26 Å². The molecule has 0 heterocycles. The number of aliphatic hydroxyl groups is 2. The molecule has 1 aromatic rings. The van der Waals surface area contributed by atoms with Crippen molar-refractivity contribution < 1.29 is 10.2 Å². The van der Waals surface area contributed by atoms with Gasteiger partial charge in [0.1, 0.15) is 12.2 Å². The van der Waals surface area contributed by atoms with Crippen LogP contribution in [-0.4, -0.2) is 16.3 Å². The first-order valence-corrected chi connectivity index (χ1v) is 4.31. The minimum absolute atomic E-state index is 0.553. The third-order valence-electron chi connectivity index (χ3n) is 2.33. The first-order valence-electron chi connectivity index (χ1n) is 4.31. The lowest BCUT2D eigenvalue weighted by Crippen LogP contribution is -2.19. The molecule has 0 aromatic heterocycles. The van der Waals surface area contributed by atoms with Gasteiger partial charge in [-0.1, -0.05) is 18.2 Å². The molecule has 2 rings (SSSR count). The van der Waals surface area contributed by atoms with Crippen molar-refractivity contribution in [3.63, 3.8) is 0 Å². The third kappa shape index (κ3) is 1.31. The lowest BCUT2D eigenvalue weighted by Gasteiger charge is -2.21. The molecule has 1 aliphatic carbocycles. The highest BCUT2D eigenvalue weighted by Crippen LogP contribution is 2.28. The SMILES string of the molecule is N#Cc1ccc2c(c1)C=C[C@H](O)[C@@H]2O. The van der Waals surface area contributed by atoms with Gasteiger partial charge in [0, 0.05) is 0 Å². The van der Waals surface area contributed by atoms with E-state index in [2.05, 4.69) is 0 Å². The van der Waals surface area contributed by atoms with Crippen molar-refractivity contribution in [2.45, 2.75) is 12.2 Å². The fourth-order valence-corrected chi connectivity index (χ4v) is 1.55. The number of benzene rings is 1. The molecule has 0 spiro atoms. The summed E-state index contributed by atoms with van der Waals surface area (Å²) in [5.74, 6) is 0. The van der Waals surface area contributed by atoms with Gasteiger partial charge in [-0.3, -0.25) is 0 Å². The number of nitriles is 1. The van der Waals surface area contributed by atoms with Crippen LogP contribution in [-0.2, 0) is 0 Å². The van der Waals surface area contributed by atoms with Crippen molar-refractivity contribution in [2.24, 2.45) is 0 Å². The van der Waals surface area contributed by atoms with E-state index < -0.39 is 12.2 Å². The predicted octanol–water partition coefficient (Wildman–Crippen LogP) is 0.979. The summed E-state index contributed by atoms with van der Waals surface area (Å²) in [6.07, 6.45) is 1.50. The second-order valence-corrected chi connectivity index (χ2v) is 3.25. The van der Waals surface area contributed by atoms with Crippen molar-refractivity contribution >= 4 is 6.08 Å². The lowest BCUT2D eigenvalue weighted by atomic mass is 9.92. The second kappa shape index (κ2) is 3.26. The summed E-state index contributed by atoms with van der Waals surface area (Å²) in [6, 6.07) is 7.03. The Labute approximate surface area is 81.5 Å². The van der Waals surface area contributed by atoms with Crippen LogP contribution in [0.2, 0.25) is 0 Å². The summed E-state index contributed by atoms with van der Waals surface area (Å²) < 4.78 is 0. The van der Waals surface area contributed by atoms with E-state index in [-0.39, 0.29) is 0 Å². The van der Waals surface area contributed by atoms with E-state index >= 15 is 0 Å². The molecule has 0 saturated heterocycles. The van der Waals surface area contributed by atoms with Crippen molar-refractivity contribution in [1.82, 2.24) is 0 Å². The van der Waals surface area contributed by atoms with Crippen LogP contribution in [0, 0.1) is 11.3 Å². The molecule has 3 nitrogen and oxygen atoms in total. The average molecular weight is 187 g/mol. The number of aliphatic hydroxyl groups excluding tert-OH is 2. The van der Waals surface area contributed by atoms with Gasteiger partial charge in [-0.05, 0) is 23.3 Å². The van der Waals surface area contributed by atoms with Gasteiger partial charge in [-0.15, -0.1) is 0 Å². The highest BCUT2D eigenvalue weighted by Gasteiger charge is 2.21. The van der Waals surface area contributed by atoms with Crippen LogP contribution in [0.1, 0.15) is 22.8 Å². The molecular weight excluding hydrogens is 178 g/mol. The molecule has 0 aliphatic heterocycles. The summed E-state index contributed by atoms with van der Waals surface area (Å²) in [6.45, 7) is 0. The first kappa shape index (κ1) is 8.95. The van der Waals surface area contributed by atoms with Gasteiger partial charge < -0.3 is 10.2 Å². The minimum atomic E-state index is -0.886. The Bertz CT molecular complexity index is 431. The van der Waals surface area contributed by atoms with Gasteiger partial charge in [0.15, 0.2) is 0 Å². The first-order chi connectivity index (χ1) is 6.72. The maximum absolute atomic E-state index is 9.61. The number of hydrogen-bond acceptors (Lipinski definition) is 3. The second-order valence-electron chi connectivity index (χ2n) is 3.25. The Morgan fingerprint density at radius 3 is 2.79 bits per heavy atom. The van der Waals surface area contributed by atoms with E-state index in [1.807, 2.05) is 6.07 Å². The molecule has 14 heavy (non-hydrogen) atoms. The Morgan fingerprint density at radius 2 is 2.07 bits per heavy atom. The van der Waals surface area contributed by atoms with Crippen molar-refractivity contribution in [1.29, 1.82) is 5.26 Å². The van der Waals surface area contributed by atoms with E-state index in [1.54, 1.807) is 24.3 Å². The van der Waals surface area contributed by atoms with Crippen LogP contribution in [0.3, 0.4) is 0 Å². The smallest absolute Gasteiger partial charge is 0.109 e. The number of hydrogen-bond donors (Lipinski definition) is 2. The minimum Gasteiger partial charge on any atom is -0.386 e. The molecule has 1 aliphatic rings. The normalized spacial score (nSPS) is 24.1. The van der Waals surface area contributed by atoms with Crippen molar-refractivity contribution in [2.75, 3.05) is 0 Å². The lowest BCUT2D eigenvalue weighted by molar-refractivity contribution is 0.0470. The van der Waals surface area contributed by atoms with Gasteiger partial charge in [0.2, 0.25) is 0 Å². The Balaban J connectivity index is 2.53. The average Bonchev–Trinajstić information content (AvgIpc) is 2.23. The van der Waals surface area contributed by atoms with Gasteiger partial charge in [-0.2, -0.15) is 5.26 Å². The molecule has 2 N–H and O–H groups in total. The summed E-state index contributed by atoms with van der Waals surface area (Å²) in [7, 11) is 0. The molecule has 0 unspecified atom stereocenters. The summed E-state index contributed by atoms with van der Waals surface area (Å²) >= 11 is 0. The van der Waals surface area contributed by atoms with Crippen LogP contribution >= 0.6 is 0 Å². The van der Waals surface area contributed by atoms with E-state index in [0.29, 0.717) is 11.1 Å². The Morgan fingerprint density at radius 1 is 1.29 bits per heavy atom. The number of rotatable bonds is 0. The molecule has 0 amide bonds. The summed E-state index contributed by atoms with van der Waals surface area (Å²) in [5, 5.41) is 27.6. The van der Waals surface area contributed by atoms with Crippen LogP contribution in [0.5, 0.6) is 0 Å².